The fourth-order valence-electron chi connectivity index (χ4n) is 3.09. The maximum atomic E-state index is 12.3. The van der Waals surface area contributed by atoms with Gasteiger partial charge in [-0.1, -0.05) is 42.4 Å². The molecule has 25 heavy (non-hydrogen) atoms. The van der Waals surface area contributed by atoms with Crippen LogP contribution in [0, 0.1) is 0 Å². The molecule has 128 valence electrons. The lowest BCUT2D eigenvalue weighted by atomic mass is 10.1. The Kier molecular flexibility index (Phi) is 4.36. The number of nitrogens with zero attached hydrogens (tertiary/aromatic N) is 3. The molecule has 3 aromatic rings. The van der Waals surface area contributed by atoms with Gasteiger partial charge in [0.2, 0.25) is 17.6 Å². The number of carbonyl (C=O) groups is 1. The number of hydrogen-bond acceptors (Lipinski definition) is 5. The van der Waals surface area contributed by atoms with E-state index in [0.717, 1.165) is 12.0 Å². The molecule has 2 aromatic heterocycles. The highest BCUT2D eigenvalue weighted by molar-refractivity contribution is 7.09. The number of likely N-dealkylation sites (tertiary alicyclic amines) is 1. The van der Waals surface area contributed by atoms with E-state index in [9.17, 15) is 4.79 Å². The molecule has 1 aliphatic rings. The van der Waals surface area contributed by atoms with Crippen molar-refractivity contribution in [1.82, 2.24) is 15.0 Å². The lowest BCUT2D eigenvalue weighted by Gasteiger charge is -2.14. The van der Waals surface area contributed by atoms with Gasteiger partial charge in [0.05, 0.1) is 12.5 Å². The van der Waals surface area contributed by atoms with Crippen LogP contribution in [-0.4, -0.2) is 27.5 Å². The van der Waals surface area contributed by atoms with E-state index >= 15 is 0 Å². The Balaban J connectivity index is 1.47. The SMILES string of the molecule is CCc1ccc(-c2noc(C3CC(=O)N(Cc4cccs4)C3)n2)cc1. The number of rotatable bonds is 5. The largest absolute Gasteiger partial charge is 0.339 e. The maximum Gasteiger partial charge on any atom is 0.232 e. The number of thiophene rings is 1. The summed E-state index contributed by atoms with van der Waals surface area (Å²) >= 11 is 1.67. The van der Waals surface area contributed by atoms with E-state index in [-0.39, 0.29) is 11.8 Å². The van der Waals surface area contributed by atoms with Crippen molar-refractivity contribution >= 4 is 17.2 Å². The van der Waals surface area contributed by atoms with E-state index in [1.54, 1.807) is 11.3 Å². The Labute approximate surface area is 150 Å². The Morgan fingerprint density at radius 2 is 2.12 bits per heavy atom. The quantitative estimate of drug-likeness (QED) is 0.698. The summed E-state index contributed by atoms with van der Waals surface area (Å²) in [4.78, 5) is 19.9. The van der Waals surface area contributed by atoms with Crippen LogP contribution in [0.5, 0.6) is 0 Å². The fourth-order valence-corrected chi connectivity index (χ4v) is 3.81. The second kappa shape index (κ2) is 6.80. The number of carbonyl (C=O) groups excluding carboxylic acids is 1. The summed E-state index contributed by atoms with van der Waals surface area (Å²) < 4.78 is 5.45. The fraction of sp³-hybridized carbons (Fsp3) is 0.316. The predicted octanol–water partition coefficient (Wildman–Crippen LogP) is 3.88. The van der Waals surface area contributed by atoms with E-state index in [4.69, 9.17) is 4.52 Å². The normalized spacial score (nSPS) is 17.4. The van der Waals surface area contributed by atoms with Crippen LogP contribution in [0.1, 0.15) is 35.6 Å². The lowest BCUT2D eigenvalue weighted by molar-refractivity contribution is -0.128. The van der Waals surface area contributed by atoms with Gasteiger partial charge in [-0.15, -0.1) is 11.3 Å². The molecule has 1 aromatic carbocycles. The smallest absolute Gasteiger partial charge is 0.232 e. The Hall–Kier alpha value is -2.47. The molecule has 4 rings (SSSR count). The summed E-state index contributed by atoms with van der Waals surface area (Å²) in [5.41, 5.74) is 2.21. The number of amides is 1. The molecule has 0 saturated carbocycles. The van der Waals surface area contributed by atoms with Crippen molar-refractivity contribution in [2.24, 2.45) is 0 Å². The van der Waals surface area contributed by atoms with Crippen LogP contribution in [0.3, 0.4) is 0 Å². The van der Waals surface area contributed by atoms with Gasteiger partial charge in [-0.25, -0.2) is 0 Å². The van der Waals surface area contributed by atoms with E-state index < -0.39 is 0 Å². The molecular formula is C19H19N3O2S. The van der Waals surface area contributed by atoms with Crippen LogP contribution in [0.15, 0.2) is 46.3 Å². The van der Waals surface area contributed by atoms with E-state index in [1.807, 2.05) is 28.5 Å². The molecule has 3 heterocycles. The average Bonchev–Trinajstić information content (AvgIpc) is 3.37. The molecule has 1 amide bonds. The van der Waals surface area contributed by atoms with Gasteiger partial charge in [0.1, 0.15) is 0 Å². The predicted molar refractivity (Wildman–Crippen MR) is 96.2 cm³/mol. The first kappa shape index (κ1) is 16.0. The Bertz CT molecular complexity index is 855. The summed E-state index contributed by atoms with van der Waals surface area (Å²) in [6.07, 6.45) is 1.43. The van der Waals surface area contributed by atoms with Gasteiger partial charge >= 0.3 is 0 Å². The number of aromatic nitrogens is 2. The van der Waals surface area contributed by atoms with E-state index in [2.05, 4.69) is 35.3 Å². The van der Waals surface area contributed by atoms with Crippen molar-refractivity contribution in [2.75, 3.05) is 6.54 Å². The minimum atomic E-state index is -0.0244. The van der Waals surface area contributed by atoms with Gasteiger partial charge < -0.3 is 9.42 Å². The number of aryl methyl sites for hydroxylation is 1. The average molecular weight is 353 g/mol. The van der Waals surface area contributed by atoms with Gasteiger partial charge in [-0.05, 0) is 23.4 Å². The highest BCUT2D eigenvalue weighted by Gasteiger charge is 2.34. The first-order valence-corrected chi connectivity index (χ1v) is 9.34. The van der Waals surface area contributed by atoms with Gasteiger partial charge in [-0.3, -0.25) is 4.79 Å². The minimum absolute atomic E-state index is 0.0244. The molecule has 1 atom stereocenters. The summed E-state index contributed by atoms with van der Waals surface area (Å²) in [6, 6.07) is 12.2. The second-order valence-corrected chi connectivity index (χ2v) is 7.29. The molecule has 0 aliphatic carbocycles. The monoisotopic (exact) mass is 353 g/mol. The van der Waals surface area contributed by atoms with Crippen LogP contribution in [-0.2, 0) is 17.8 Å². The van der Waals surface area contributed by atoms with Crippen molar-refractivity contribution in [3.63, 3.8) is 0 Å². The van der Waals surface area contributed by atoms with E-state index in [0.29, 0.717) is 31.2 Å². The molecular weight excluding hydrogens is 334 g/mol. The summed E-state index contributed by atoms with van der Waals surface area (Å²) in [7, 11) is 0. The third-order valence-corrected chi connectivity index (χ3v) is 5.41. The van der Waals surface area contributed by atoms with Crippen molar-refractivity contribution in [1.29, 1.82) is 0 Å². The summed E-state index contributed by atoms with van der Waals surface area (Å²) in [5.74, 6) is 1.26. The molecule has 6 heteroatoms. The third kappa shape index (κ3) is 3.35. The lowest BCUT2D eigenvalue weighted by Crippen LogP contribution is -2.23. The van der Waals surface area contributed by atoms with Crippen molar-refractivity contribution in [2.45, 2.75) is 32.2 Å². The van der Waals surface area contributed by atoms with Gasteiger partial charge in [0.25, 0.3) is 0 Å². The molecule has 0 bridgehead atoms. The molecule has 0 N–H and O–H groups in total. The first-order chi connectivity index (χ1) is 12.2. The van der Waals surface area contributed by atoms with Crippen molar-refractivity contribution in [3.8, 4) is 11.4 Å². The van der Waals surface area contributed by atoms with E-state index in [1.165, 1.54) is 10.4 Å². The molecule has 5 nitrogen and oxygen atoms in total. The van der Waals surface area contributed by atoms with Crippen LogP contribution < -0.4 is 0 Å². The highest BCUT2D eigenvalue weighted by atomic mass is 32.1. The zero-order chi connectivity index (χ0) is 17.2. The van der Waals surface area contributed by atoms with Crippen molar-refractivity contribution < 1.29 is 9.32 Å². The maximum absolute atomic E-state index is 12.3. The Morgan fingerprint density at radius 3 is 2.84 bits per heavy atom. The van der Waals surface area contributed by atoms with Gasteiger partial charge in [0.15, 0.2) is 0 Å². The molecule has 1 saturated heterocycles. The standard InChI is InChI=1S/C19H19N3O2S/c1-2-13-5-7-14(8-6-13)18-20-19(24-21-18)15-10-17(23)22(11-15)12-16-4-3-9-25-16/h3-9,15H,2,10-12H2,1H3. The first-order valence-electron chi connectivity index (χ1n) is 8.46. The van der Waals surface area contributed by atoms with Crippen molar-refractivity contribution in [3.05, 3.63) is 58.1 Å². The minimum Gasteiger partial charge on any atom is -0.339 e. The molecule has 1 unspecified atom stereocenters. The Morgan fingerprint density at radius 1 is 1.28 bits per heavy atom. The van der Waals surface area contributed by atoms with Crippen LogP contribution in [0.2, 0.25) is 0 Å². The summed E-state index contributed by atoms with van der Waals surface area (Å²) in [5, 5.41) is 6.13. The summed E-state index contributed by atoms with van der Waals surface area (Å²) in [6.45, 7) is 3.42. The van der Waals surface area contributed by atoms with Gasteiger partial charge in [0, 0.05) is 23.4 Å². The second-order valence-electron chi connectivity index (χ2n) is 6.26. The zero-order valence-electron chi connectivity index (χ0n) is 14.0. The topological polar surface area (TPSA) is 59.2 Å². The molecule has 1 fully saturated rings. The molecule has 1 aliphatic heterocycles. The van der Waals surface area contributed by atoms with Crippen LogP contribution in [0.25, 0.3) is 11.4 Å². The van der Waals surface area contributed by atoms with Crippen LogP contribution in [0.4, 0.5) is 0 Å². The zero-order valence-corrected chi connectivity index (χ0v) is 14.8. The number of hydrogen-bond donors (Lipinski definition) is 0. The van der Waals surface area contributed by atoms with Crippen LogP contribution >= 0.6 is 11.3 Å². The highest BCUT2D eigenvalue weighted by Crippen LogP contribution is 2.30. The third-order valence-electron chi connectivity index (χ3n) is 4.55. The molecule has 0 radical (unpaired) electrons. The van der Waals surface area contributed by atoms with Gasteiger partial charge in [-0.2, -0.15) is 4.98 Å². The number of benzene rings is 1. The molecule has 0 spiro atoms.